The Bertz CT molecular complexity index is 5110. The lowest BCUT2D eigenvalue weighted by Crippen LogP contribution is -2.60. The average Bonchev–Trinajstić information content (AvgIpc) is 0.727. The number of aromatic hydroxyl groups is 1. The van der Waals surface area contributed by atoms with Crippen molar-refractivity contribution in [1.82, 2.24) is 47.9 Å². The molecule has 4 aromatic carbocycles. The van der Waals surface area contributed by atoms with Gasteiger partial charge in [-0.25, -0.2) is 4.79 Å². The van der Waals surface area contributed by atoms with E-state index in [1.54, 1.807) is 24.8 Å². The summed E-state index contributed by atoms with van der Waals surface area (Å²) < 4.78 is 81.5. The van der Waals surface area contributed by atoms with Gasteiger partial charge in [0.2, 0.25) is 59.1 Å². The number of hydrogen-bond acceptors (Lipinski definition) is 25. The van der Waals surface area contributed by atoms with Gasteiger partial charge in [0.15, 0.2) is 0 Å². The molecule has 10 atom stereocenters. The van der Waals surface area contributed by atoms with Crippen LogP contribution in [0.25, 0.3) is 0 Å². The lowest BCUT2D eigenvalue weighted by molar-refractivity contribution is -0.150. The molecule has 2 fully saturated rings. The Labute approximate surface area is 834 Å². The average molecular weight is 2000 g/mol. The quantitative estimate of drug-likeness (QED) is 0.00885. The van der Waals surface area contributed by atoms with Crippen molar-refractivity contribution in [2.24, 2.45) is 40.1 Å². The van der Waals surface area contributed by atoms with Crippen LogP contribution in [0.4, 0.5) is 16.2 Å². The number of nitrogens with zero attached hydrogens (tertiary/aromatic N) is 1. The Kier molecular flexibility index (Phi) is 45.5. The maximum atomic E-state index is 15.1. The summed E-state index contributed by atoms with van der Waals surface area (Å²) in [5.74, 6) is 0.951. The highest BCUT2D eigenvalue weighted by Gasteiger charge is 2.59. The van der Waals surface area contributed by atoms with Gasteiger partial charge < -0.3 is 112 Å². The van der Waals surface area contributed by atoms with Crippen LogP contribution in [-0.2, 0) is 131 Å². The smallest absolute Gasteiger partial charge is 0.312 e. The van der Waals surface area contributed by atoms with Crippen molar-refractivity contribution in [1.29, 1.82) is 0 Å². The van der Waals surface area contributed by atoms with Gasteiger partial charge in [0, 0.05) is 80.9 Å². The number of nitrogens with two attached hydrogens (primary N) is 2. The summed E-state index contributed by atoms with van der Waals surface area (Å²) in [6, 6.07) is 22.1. The van der Waals surface area contributed by atoms with Crippen LogP contribution in [0.5, 0.6) is 5.75 Å². The molecule has 16 N–H and O–H groups in total. The van der Waals surface area contributed by atoms with E-state index in [0.29, 0.717) is 121 Å². The van der Waals surface area contributed by atoms with Crippen molar-refractivity contribution in [3.05, 3.63) is 135 Å². The van der Waals surface area contributed by atoms with E-state index in [0.717, 1.165) is 90.4 Å². The van der Waals surface area contributed by atoms with Crippen molar-refractivity contribution in [3.63, 3.8) is 0 Å². The number of rotatable bonds is 59. The second kappa shape index (κ2) is 57.1. The lowest BCUT2D eigenvalue weighted by Gasteiger charge is -2.56. The zero-order valence-electron chi connectivity index (χ0n) is 83.5. The monoisotopic (exact) mass is 2000 g/mol. The van der Waals surface area contributed by atoms with E-state index in [9.17, 15) is 61.5 Å². The van der Waals surface area contributed by atoms with Crippen molar-refractivity contribution >= 4 is 86.6 Å². The first kappa shape index (κ1) is 113. The first-order chi connectivity index (χ1) is 68.2. The second-order valence-corrected chi connectivity index (χ2v) is 40.4. The van der Waals surface area contributed by atoms with Crippen LogP contribution in [-0.4, -0.2) is 258 Å². The van der Waals surface area contributed by atoms with Gasteiger partial charge in [-0.2, -0.15) is 8.42 Å². The number of primary amides is 1. The number of para-hydroxylation sites is 1. The van der Waals surface area contributed by atoms with Gasteiger partial charge in [0.1, 0.15) is 30.5 Å². The number of unbranched alkanes of at least 4 members (excludes halogenated alkanes) is 1. The molecular formula is C104H151N13O24S. The highest BCUT2D eigenvalue weighted by molar-refractivity contribution is 7.85. The first-order valence-corrected chi connectivity index (χ1v) is 52.1. The molecule has 6 aliphatic rings. The predicted molar refractivity (Wildman–Crippen MR) is 532 cm³/mol. The molecule has 4 aromatic rings. The number of hydrogen-bond donors (Lipinski definition) is 14. The molecule has 10 rings (SSSR count). The maximum Gasteiger partial charge on any atom is 0.312 e. The molecule has 1 unspecified atom stereocenters. The van der Waals surface area contributed by atoms with Crippen LogP contribution in [0.15, 0.2) is 96.3 Å². The maximum absolute atomic E-state index is 15.1. The molecule has 38 heteroatoms. The minimum Gasteiger partial charge on any atom is -0.508 e. The molecule has 37 nitrogen and oxygen atoms in total. The van der Waals surface area contributed by atoms with Gasteiger partial charge in [-0.05, 0) is 202 Å². The van der Waals surface area contributed by atoms with Crippen LogP contribution in [0, 0.1) is 40.4 Å². The first-order valence-electron chi connectivity index (χ1n) is 50.5. The fourth-order valence-electron chi connectivity index (χ4n) is 20.6. The number of imide groups is 1. The normalized spacial score (nSPS) is 21.3. The van der Waals surface area contributed by atoms with Crippen molar-refractivity contribution in [3.8, 4) is 17.6 Å². The van der Waals surface area contributed by atoms with E-state index in [-0.39, 0.29) is 203 Å². The molecule has 1 aliphatic heterocycles. The van der Waals surface area contributed by atoms with Crippen LogP contribution in [0.1, 0.15) is 222 Å². The zero-order valence-corrected chi connectivity index (χ0v) is 84.3. The Morgan fingerprint density at radius 2 is 1.02 bits per heavy atom. The van der Waals surface area contributed by atoms with Gasteiger partial charge >= 0.3 is 6.03 Å². The van der Waals surface area contributed by atoms with E-state index in [2.05, 4.69) is 78.9 Å². The number of carbonyl (C=O) groups is 11. The lowest BCUT2D eigenvalue weighted by atomic mass is 9.49. The molecule has 0 saturated heterocycles. The fourth-order valence-corrected chi connectivity index (χ4v) is 20.9. The Balaban J connectivity index is 0.682. The number of amides is 12. The standard InChI is InChI=1S/C104H151N13O24S/c1-71(2)94(97(126)114-83(24-16-46-111-100(106)129)95(124)112-77-33-29-73-31-35-86-101(3,79(73)67-77)41-17-43-103(86,5)98(127)116-99(128)104(6)44-18-42-102(4)80-68-78(118)34-30-74(80)32-36-87(102)104)115-96(125)82(23-14-15-45-108-91(122)70-141-85-26-9-7-8-22-81(93(85)105)107-47-52-135-56-60-139-64-62-137-58-54-133-50-39-89(120)110-49-66-142(130,131)132)113-90(121)40-51-134-55-59-138-63-65-140-61-57-136-53-48-109-88(119)37-38-92(123)117-69-76-21-11-10-19-72(76)27-28-75-20-12-13-25-84(75)117/h10-13,19-21,25,29-30,33-34,67-68,71,82-83,85-87,94,107,118H,7-9,14-18,22-24,26,31-32,35-66,69-70,105H2,1-6H3,(H,108,122)(H,109,119)(H,110,120)(H,112,124)(H,113,121)(H,114,126)(H,115,125)(H3,106,111,129)(H,116,127,128)(H,130,131,132)/b93-81-/t82-,83+,85?,86-,87-,94+,101-,102-,103+,104+/m1/s1. The molecule has 5 aliphatic carbocycles. The van der Waals surface area contributed by atoms with E-state index < -0.39 is 97.8 Å². The summed E-state index contributed by atoms with van der Waals surface area (Å²) in [4.78, 5) is 153. The summed E-state index contributed by atoms with van der Waals surface area (Å²) in [5.41, 5.74) is 18.8. The molecule has 142 heavy (non-hydrogen) atoms. The van der Waals surface area contributed by atoms with Crippen LogP contribution in [0.2, 0.25) is 0 Å². The second-order valence-electron chi connectivity index (χ2n) is 38.8. The molecule has 782 valence electrons. The minimum absolute atomic E-state index is 0.00470. The third-order valence-electron chi connectivity index (χ3n) is 28.2. The number of aryl methyl sites for hydroxylation is 2. The van der Waals surface area contributed by atoms with Crippen molar-refractivity contribution in [2.75, 3.05) is 161 Å². The van der Waals surface area contributed by atoms with Crippen LogP contribution in [0.3, 0.4) is 0 Å². The van der Waals surface area contributed by atoms with Gasteiger partial charge in [-0.15, -0.1) is 0 Å². The zero-order chi connectivity index (χ0) is 102. The van der Waals surface area contributed by atoms with Gasteiger partial charge in [-0.1, -0.05) is 122 Å². The number of phenols is 1. The molecule has 2 saturated carbocycles. The SMILES string of the molecule is CC(C)[C@H](NC(=O)[C@@H](CCCCNC(=O)COC1CCCCC/C(NCCOCCOCCOCCOCCC(=O)NCCS(=O)(=O)O)=C\1N)NC(=O)CCOCCOCCOCCOCCNC(=O)CCC(=O)N1Cc2ccccc2C#Cc2ccccc21)C(=O)N[C@@H](CCCNC(N)=O)C(=O)Nc1ccc2c(c1)[C@@]1(C)CCC[C@](C)(C(=O)NC(=O)[C@@]3(C)CCC[C@]4(C)c5cc(O)ccc5CC[C@@H]34)[C@@H]1CC2. The summed E-state index contributed by atoms with van der Waals surface area (Å²) in [7, 11) is -4.16. The Hall–Kier alpha value is -10.7. The number of benzene rings is 4. The number of fused-ring (bicyclic) bond motifs is 8. The number of allylic oxidation sites excluding steroid dienone is 1. The third kappa shape index (κ3) is 34.5. The van der Waals surface area contributed by atoms with E-state index in [1.165, 1.54) is 5.56 Å². The molecule has 1 heterocycles. The fraction of sp³-hybridized carbons (Fsp3) is 0.625. The van der Waals surface area contributed by atoms with Crippen molar-refractivity contribution < 1.29 is 113 Å². The molecule has 0 bridgehead atoms. The van der Waals surface area contributed by atoms with Crippen molar-refractivity contribution in [2.45, 2.75) is 237 Å². The topological polar surface area (TPSA) is 521 Å². The molecule has 0 radical (unpaired) electrons. The van der Waals surface area contributed by atoms with E-state index >= 15 is 4.79 Å². The molecular weight excluding hydrogens is 1850 g/mol. The number of phenolic OH excluding ortho intramolecular Hbond substituents is 1. The van der Waals surface area contributed by atoms with Gasteiger partial charge in [0.25, 0.3) is 10.1 Å². The van der Waals surface area contributed by atoms with Crippen LogP contribution >= 0.6 is 0 Å². The summed E-state index contributed by atoms with van der Waals surface area (Å²) in [6.45, 7) is 16.5. The Morgan fingerprint density at radius 1 is 0.493 bits per heavy atom. The number of nitrogens with one attached hydrogen (secondary N) is 10. The Morgan fingerprint density at radius 3 is 1.64 bits per heavy atom. The third-order valence-corrected chi connectivity index (χ3v) is 29.0. The molecule has 0 aromatic heterocycles. The van der Waals surface area contributed by atoms with Gasteiger partial charge in [0.05, 0.1) is 146 Å². The largest absolute Gasteiger partial charge is 0.508 e. The highest BCUT2D eigenvalue weighted by Crippen LogP contribution is 2.60. The summed E-state index contributed by atoms with van der Waals surface area (Å²) in [5, 5.41) is 39.4. The number of carbonyl (C=O) groups excluding carboxylic acids is 11. The summed E-state index contributed by atoms with van der Waals surface area (Å²) in [6.07, 6.45) is 11.5. The van der Waals surface area contributed by atoms with Gasteiger partial charge in [-0.3, -0.25) is 57.8 Å². The number of anilines is 2. The molecule has 12 amide bonds. The highest BCUT2D eigenvalue weighted by atomic mass is 32.2. The van der Waals surface area contributed by atoms with Crippen LogP contribution < -0.4 is 69.5 Å². The van der Waals surface area contributed by atoms with E-state index in [1.807, 2.05) is 92.7 Å². The molecule has 0 spiro atoms. The van der Waals surface area contributed by atoms with E-state index in [4.69, 9.17) is 58.7 Å². The predicted octanol–water partition coefficient (Wildman–Crippen LogP) is 7.41. The summed E-state index contributed by atoms with van der Waals surface area (Å²) >= 11 is 0. The number of urea groups is 1. The minimum atomic E-state index is -4.16. The number of ether oxygens (including phenoxy) is 9.